The van der Waals surface area contributed by atoms with Crippen LogP contribution in [0.2, 0.25) is 0 Å². The number of hydrogen-bond acceptors (Lipinski definition) is 8. The Kier molecular flexibility index (Phi) is 7.90. The Balaban J connectivity index is 0.00000259. The van der Waals surface area contributed by atoms with Crippen LogP contribution in [0.25, 0.3) is 22.5 Å². The van der Waals surface area contributed by atoms with E-state index in [-0.39, 0.29) is 12.4 Å². The standard InChI is InChI=1S/C24H30N6O2.ClH/c1-18-20(5-13-32-18)23-21(22-17-25-6-7-26-22)16-27-24(28-23)30-9-3-19(4-10-30)2-8-29-11-14-31-15-12-29;/h5-7,13,16-17,19H,2-4,8-12,14-15H2,1H3;1H. The van der Waals surface area contributed by atoms with E-state index in [2.05, 4.69) is 19.8 Å². The highest BCUT2D eigenvalue weighted by Gasteiger charge is 2.24. The van der Waals surface area contributed by atoms with Gasteiger partial charge in [-0.2, -0.15) is 0 Å². The second kappa shape index (κ2) is 11.0. The Bertz CT molecular complexity index is 1020. The minimum absolute atomic E-state index is 0. The van der Waals surface area contributed by atoms with Crippen LogP contribution in [-0.2, 0) is 4.74 Å². The Morgan fingerprint density at radius 2 is 1.82 bits per heavy atom. The van der Waals surface area contributed by atoms with Crippen molar-refractivity contribution in [3.63, 3.8) is 0 Å². The van der Waals surface area contributed by atoms with E-state index in [9.17, 15) is 0 Å². The SMILES string of the molecule is Cc1occc1-c1nc(N2CCC(CCN3CCOCC3)CC2)ncc1-c1cnccn1.Cl. The van der Waals surface area contributed by atoms with Crippen LogP contribution in [0.15, 0.2) is 41.5 Å². The number of aromatic nitrogens is 4. The molecule has 0 aliphatic carbocycles. The van der Waals surface area contributed by atoms with Crippen molar-refractivity contribution in [2.45, 2.75) is 26.2 Å². The van der Waals surface area contributed by atoms with Crippen LogP contribution in [0.1, 0.15) is 25.0 Å². The van der Waals surface area contributed by atoms with Gasteiger partial charge in [-0.3, -0.25) is 14.9 Å². The van der Waals surface area contributed by atoms with Gasteiger partial charge < -0.3 is 14.1 Å². The fourth-order valence-electron chi connectivity index (χ4n) is 4.60. The lowest BCUT2D eigenvalue weighted by atomic mass is 9.93. The van der Waals surface area contributed by atoms with Gasteiger partial charge in [0.2, 0.25) is 5.95 Å². The third-order valence-electron chi connectivity index (χ3n) is 6.58. The number of piperidine rings is 1. The molecule has 3 aromatic rings. The minimum Gasteiger partial charge on any atom is -0.469 e. The molecular formula is C24H31ClN6O2. The molecule has 2 aliphatic heterocycles. The number of morpholine rings is 1. The van der Waals surface area contributed by atoms with Crippen molar-refractivity contribution in [1.29, 1.82) is 0 Å². The lowest BCUT2D eigenvalue weighted by molar-refractivity contribution is 0.0349. The highest BCUT2D eigenvalue weighted by Crippen LogP contribution is 2.33. The second-order valence-electron chi connectivity index (χ2n) is 8.59. The maximum absolute atomic E-state index is 5.56. The van der Waals surface area contributed by atoms with Crippen molar-refractivity contribution >= 4 is 18.4 Å². The van der Waals surface area contributed by atoms with Crippen molar-refractivity contribution in [3.05, 3.63) is 42.9 Å². The largest absolute Gasteiger partial charge is 0.469 e. The van der Waals surface area contributed by atoms with Crippen LogP contribution < -0.4 is 4.90 Å². The Morgan fingerprint density at radius 3 is 2.52 bits per heavy atom. The molecule has 2 saturated heterocycles. The van der Waals surface area contributed by atoms with Crippen molar-refractivity contribution in [2.75, 3.05) is 50.8 Å². The van der Waals surface area contributed by atoms with Gasteiger partial charge in [-0.1, -0.05) is 0 Å². The number of hydrogen-bond donors (Lipinski definition) is 0. The van der Waals surface area contributed by atoms with Gasteiger partial charge in [0.15, 0.2) is 0 Å². The summed E-state index contributed by atoms with van der Waals surface area (Å²) in [5, 5.41) is 0. The summed E-state index contributed by atoms with van der Waals surface area (Å²) in [4.78, 5) is 23.2. The molecule has 0 bridgehead atoms. The number of aryl methyl sites for hydroxylation is 1. The van der Waals surface area contributed by atoms with Gasteiger partial charge >= 0.3 is 0 Å². The quantitative estimate of drug-likeness (QED) is 0.537. The van der Waals surface area contributed by atoms with E-state index in [0.717, 1.165) is 79.5 Å². The summed E-state index contributed by atoms with van der Waals surface area (Å²) in [6.45, 7) is 9.00. The van der Waals surface area contributed by atoms with Crippen molar-refractivity contribution in [2.24, 2.45) is 5.92 Å². The van der Waals surface area contributed by atoms with E-state index in [1.165, 1.54) is 25.8 Å². The molecule has 0 amide bonds. The number of anilines is 1. The van der Waals surface area contributed by atoms with Crippen molar-refractivity contribution < 1.29 is 9.15 Å². The topological polar surface area (TPSA) is 80.4 Å². The molecule has 0 unspecified atom stereocenters. The average Bonchev–Trinajstić information content (AvgIpc) is 3.29. The van der Waals surface area contributed by atoms with Crippen molar-refractivity contribution in [1.82, 2.24) is 24.8 Å². The Labute approximate surface area is 200 Å². The molecule has 176 valence electrons. The summed E-state index contributed by atoms with van der Waals surface area (Å²) < 4.78 is 11.0. The van der Waals surface area contributed by atoms with Crippen LogP contribution in [0.3, 0.4) is 0 Å². The third-order valence-corrected chi connectivity index (χ3v) is 6.58. The summed E-state index contributed by atoms with van der Waals surface area (Å²) in [5.41, 5.74) is 3.44. The van der Waals surface area contributed by atoms with Gasteiger partial charge in [-0.05, 0) is 44.7 Å². The smallest absolute Gasteiger partial charge is 0.225 e. The zero-order valence-electron chi connectivity index (χ0n) is 19.0. The highest BCUT2D eigenvalue weighted by molar-refractivity contribution is 5.85. The van der Waals surface area contributed by atoms with Crippen LogP contribution in [0.5, 0.6) is 0 Å². The molecule has 0 radical (unpaired) electrons. The van der Waals surface area contributed by atoms with Gasteiger partial charge in [0.1, 0.15) is 5.76 Å². The monoisotopic (exact) mass is 470 g/mol. The molecule has 5 rings (SSSR count). The van der Waals surface area contributed by atoms with E-state index in [0.29, 0.717) is 0 Å². The van der Waals surface area contributed by atoms with Gasteiger partial charge in [0, 0.05) is 55.9 Å². The number of rotatable bonds is 6. The molecule has 0 N–H and O–H groups in total. The van der Waals surface area contributed by atoms with E-state index >= 15 is 0 Å². The summed E-state index contributed by atoms with van der Waals surface area (Å²) >= 11 is 0. The fraction of sp³-hybridized carbons (Fsp3) is 0.500. The molecule has 0 atom stereocenters. The molecule has 2 fully saturated rings. The minimum atomic E-state index is 0. The first-order chi connectivity index (χ1) is 15.8. The van der Waals surface area contributed by atoms with Gasteiger partial charge in [-0.25, -0.2) is 9.97 Å². The number of furan rings is 1. The maximum atomic E-state index is 5.56. The zero-order valence-corrected chi connectivity index (χ0v) is 19.8. The van der Waals surface area contributed by atoms with Gasteiger partial charge in [0.05, 0.1) is 37.1 Å². The van der Waals surface area contributed by atoms with E-state index in [4.69, 9.17) is 19.1 Å². The summed E-state index contributed by atoms with van der Waals surface area (Å²) in [6.07, 6.45) is 12.3. The fourth-order valence-corrected chi connectivity index (χ4v) is 4.60. The van der Waals surface area contributed by atoms with Gasteiger partial charge in [0.25, 0.3) is 0 Å². The number of ether oxygens (including phenoxy) is 1. The normalized spacial score (nSPS) is 17.7. The Morgan fingerprint density at radius 1 is 1.00 bits per heavy atom. The number of halogens is 1. The highest BCUT2D eigenvalue weighted by atomic mass is 35.5. The van der Waals surface area contributed by atoms with Crippen LogP contribution in [0, 0.1) is 12.8 Å². The van der Waals surface area contributed by atoms with E-state index in [1.54, 1.807) is 24.9 Å². The maximum Gasteiger partial charge on any atom is 0.225 e. The van der Waals surface area contributed by atoms with Crippen molar-refractivity contribution in [3.8, 4) is 22.5 Å². The Hall–Kier alpha value is -2.55. The zero-order chi connectivity index (χ0) is 21.8. The lowest BCUT2D eigenvalue weighted by Crippen LogP contribution is -2.39. The molecule has 5 heterocycles. The molecule has 0 aromatic carbocycles. The molecule has 0 spiro atoms. The third kappa shape index (κ3) is 5.51. The van der Waals surface area contributed by atoms with E-state index in [1.807, 2.05) is 19.2 Å². The molecule has 9 heteroatoms. The molecule has 2 aliphatic rings. The molecule has 3 aromatic heterocycles. The summed E-state index contributed by atoms with van der Waals surface area (Å²) in [7, 11) is 0. The summed E-state index contributed by atoms with van der Waals surface area (Å²) in [6, 6.07) is 1.96. The van der Waals surface area contributed by atoms with Crippen LogP contribution >= 0.6 is 12.4 Å². The van der Waals surface area contributed by atoms with Crippen LogP contribution in [-0.4, -0.2) is 70.8 Å². The molecule has 33 heavy (non-hydrogen) atoms. The second-order valence-corrected chi connectivity index (χ2v) is 8.59. The lowest BCUT2D eigenvalue weighted by Gasteiger charge is -2.34. The summed E-state index contributed by atoms with van der Waals surface area (Å²) in [5.74, 6) is 2.38. The average molecular weight is 471 g/mol. The van der Waals surface area contributed by atoms with Gasteiger partial charge in [-0.15, -0.1) is 12.4 Å². The van der Waals surface area contributed by atoms with Crippen LogP contribution in [0.4, 0.5) is 5.95 Å². The van der Waals surface area contributed by atoms with E-state index < -0.39 is 0 Å². The molecular weight excluding hydrogens is 440 g/mol. The number of nitrogens with zero attached hydrogens (tertiary/aromatic N) is 6. The molecule has 8 nitrogen and oxygen atoms in total. The predicted molar refractivity (Wildman–Crippen MR) is 130 cm³/mol. The molecule has 0 saturated carbocycles. The predicted octanol–water partition coefficient (Wildman–Crippen LogP) is 3.86. The first kappa shape index (κ1) is 23.6. The first-order valence-electron chi connectivity index (χ1n) is 11.5. The first-order valence-corrected chi connectivity index (χ1v) is 11.5.